The largest absolute Gasteiger partial charge is 0.465 e. The van der Waals surface area contributed by atoms with Crippen LogP contribution in [0.3, 0.4) is 0 Å². The standard InChI is InChI=1S/C13H15FN2O5/c14-11-7-15(13(17)18)6-5-12(11)21-8-9-1-3-10(4-2-9)16(19)20/h1-4,11-12H,5-8H2,(H,17,18)/t11-,12-/m0/s1. The molecule has 0 aromatic heterocycles. The van der Waals surface area contributed by atoms with Gasteiger partial charge in [0.05, 0.1) is 24.2 Å². The highest BCUT2D eigenvalue weighted by molar-refractivity contribution is 5.65. The molecule has 8 heteroatoms. The molecule has 114 valence electrons. The van der Waals surface area contributed by atoms with E-state index in [2.05, 4.69) is 0 Å². The summed E-state index contributed by atoms with van der Waals surface area (Å²) in [5.74, 6) is 0. The second-order valence-corrected chi connectivity index (χ2v) is 4.81. The Morgan fingerprint density at radius 3 is 2.67 bits per heavy atom. The Morgan fingerprint density at radius 1 is 1.48 bits per heavy atom. The molecule has 1 aliphatic heterocycles. The molecule has 1 heterocycles. The number of halogens is 1. The first-order chi connectivity index (χ1) is 9.97. The smallest absolute Gasteiger partial charge is 0.407 e. The lowest BCUT2D eigenvalue weighted by atomic mass is 10.1. The molecule has 1 N–H and O–H groups in total. The Labute approximate surface area is 120 Å². The first-order valence-electron chi connectivity index (χ1n) is 6.44. The van der Waals surface area contributed by atoms with E-state index in [1.54, 1.807) is 12.1 Å². The highest BCUT2D eigenvalue weighted by Crippen LogP contribution is 2.20. The van der Waals surface area contributed by atoms with Gasteiger partial charge in [-0.2, -0.15) is 0 Å². The Balaban J connectivity index is 1.86. The highest BCUT2D eigenvalue weighted by Gasteiger charge is 2.32. The summed E-state index contributed by atoms with van der Waals surface area (Å²) in [6, 6.07) is 5.83. The van der Waals surface area contributed by atoms with Gasteiger partial charge in [-0.15, -0.1) is 0 Å². The molecule has 1 amide bonds. The second-order valence-electron chi connectivity index (χ2n) is 4.81. The Morgan fingerprint density at radius 2 is 2.14 bits per heavy atom. The molecule has 0 unspecified atom stereocenters. The van der Waals surface area contributed by atoms with Crippen LogP contribution in [0.4, 0.5) is 14.9 Å². The molecule has 1 aromatic carbocycles. The fourth-order valence-electron chi connectivity index (χ4n) is 2.16. The first-order valence-corrected chi connectivity index (χ1v) is 6.44. The number of rotatable bonds is 4. The first kappa shape index (κ1) is 15.2. The van der Waals surface area contributed by atoms with Crippen molar-refractivity contribution in [3.05, 3.63) is 39.9 Å². The minimum atomic E-state index is -1.37. The molecule has 2 rings (SSSR count). The number of carboxylic acid groups (broad SMARTS) is 1. The molecule has 1 saturated heterocycles. The number of benzene rings is 1. The van der Waals surface area contributed by atoms with Gasteiger partial charge in [-0.1, -0.05) is 0 Å². The number of carbonyl (C=O) groups is 1. The minimum Gasteiger partial charge on any atom is -0.465 e. The average Bonchev–Trinajstić information content (AvgIpc) is 2.46. The molecular formula is C13H15FN2O5. The number of hydrogen-bond donors (Lipinski definition) is 1. The molecule has 0 radical (unpaired) electrons. The van der Waals surface area contributed by atoms with Gasteiger partial charge in [-0.05, 0) is 24.1 Å². The van der Waals surface area contributed by atoms with Crippen LogP contribution in [0.25, 0.3) is 0 Å². The van der Waals surface area contributed by atoms with Crippen molar-refractivity contribution in [1.82, 2.24) is 4.90 Å². The van der Waals surface area contributed by atoms with Crippen LogP contribution in [-0.2, 0) is 11.3 Å². The highest BCUT2D eigenvalue weighted by atomic mass is 19.1. The maximum Gasteiger partial charge on any atom is 0.407 e. The van der Waals surface area contributed by atoms with E-state index in [1.807, 2.05) is 0 Å². The third-order valence-corrected chi connectivity index (χ3v) is 3.36. The van der Waals surface area contributed by atoms with Gasteiger partial charge in [0.25, 0.3) is 5.69 Å². The lowest BCUT2D eigenvalue weighted by Crippen LogP contribution is -2.47. The number of amides is 1. The van der Waals surface area contributed by atoms with E-state index in [1.165, 1.54) is 12.1 Å². The number of piperidine rings is 1. The number of ether oxygens (including phenoxy) is 1. The van der Waals surface area contributed by atoms with E-state index >= 15 is 0 Å². The van der Waals surface area contributed by atoms with Crippen molar-refractivity contribution < 1.29 is 24.0 Å². The zero-order valence-electron chi connectivity index (χ0n) is 11.1. The van der Waals surface area contributed by atoms with Crippen molar-refractivity contribution in [3.8, 4) is 0 Å². The quantitative estimate of drug-likeness (QED) is 0.679. The van der Waals surface area contributed by atoms with Gasteiger partial charge in [-0.3, -0.25) is 10.1 Å². The molecule has 2 atom stereocenters. The summed E-state index contributed by atoms with van der Waals surface area (Å²) in [6.45, 7) is 0.178. The number of likely N-dealkylation sites (tertiary alicyclic amines) is 1. The van der Waals surface area contributed by atoms with Crippen LogP contribution in [-0.4, -0.2) is 46.4 Å². The summed E-state index contributed by atoms with van der Waals surface area (Å²) in [4.78, 5) is 21.8. The summed E-state index contributed by atoms with van der Waals surface area (Å²) in [5, 5.41) is 19.3. The number of hydrogen-bond acceptors (Lipinski definition) is 4. The number of non-ortho nitro benzene ring substituents is 1. The van der Waals surface area contributed by atoms with Gasteiger partial charge in [0.2, 0.25) is 0 Å². The van der Waals surface area contributed by atoms with Gasteiger partial charge in [0.15, 0.2) is 0 Å². The van der Waals surface area contributed by atoms with Crippen molar-refractivity contribution in [3.63, 3.8) is 0 Å². The molecule has 0 aliphatic carbocycles. The van der Waals surface area contributed by atoms with E-state index in [0.29, 0.717) is 12.0 Å². The van der Waals surface area contributed by atoms with Crippen molar-refractivity contribution >= 4 is 11.8 Å². The molecule has 1 aliphatic rings. The molecule has 1 aromatic rings. The number of nitro groups is 1. The van der Waals surface area contributed by atoms with Gasteiger partial charge in [-0.25, -0.2) is 9.18 Å². The minimum absolute atomic E-state index is 0.0168. The van der Waals surface area contributed by atoms with E-state index < -0.39 is 23.3 Å². The topological polar surface area (TPSA) is 92.9 Å². The monoisotopic (exact) mass is 298 g/mol. The normalized spacial score (nSPS) is 22.0. The van der Waals surface area contributed by atoms with Crippen LogP contribution in [0.1, 0.15) is 12.0 Å². The van der Waals surface area contributed by atoms with Crippen molar-refractivity contribution in [2.75, 3.05) is 13.1 Å². The van der Waals surface area contributed by atoms with Crippen molar-refractivity contribution in [2.24, 2.45) is 0 Å². The third kappa shape index (κ3) is 3.88. The molecule has 0 spiro atoms. The lowest BCUT2D eigenvalue weighted by Gasteiger charge is -2.32. The molecule has 1 fully saturated rings. The predicted molar refractivity (Wildman–Crippen MR) is 70.8 cm³/mol. The second kappa shape index (κ2) is 6.49. The zero-order chi connectivity index (χ0) is 15.4. The summed E-state index contributed by atoms with van der Waals surface area (Å²) in [5.41, 5.74) is 0.686. The Bertz CT molecular complexity index is 522. The summed E-state index contributed by atoms with van der Waals surface area (Å²) in [7, 11) is 0. The zero-order valence-corrected chi connectivity index (χ0v) is 11.1. The fraction of sp³-hybridized carbons (Fsp3) is 0.462. The molecule has 0 bridgehead atoms. The van der Waals surface area contributed by atoms with Gasteiger partial charge < -0.3 is 14.7 Å². The molecular weight excluding hydrogens is 283 g/mol. The van der Waals surface area contributed by atoms with Crippen LogP contribution in [0, 0.1) is 10.1 Å². The summed E-state index contributed by atoms with van der Waals surface area (Å²) >= 11 is 0. The fourth-order valence-corrected chi connectivity index (χ4v) is 2.16. The van der Waals surface area contributed by atoms with E-state index in [-0.39, 0.29) is 25.4 Å². The molecule has 21 heavy (non-hydrogen) atoms. The molecule has 0 saturated carbocycles. The van der Waals surface area contributed by atoms with Crippen molar-refractivity contribution in [2.45, 2.75) is 25.3 Å². The number of nitro benzene ring substituents is 1. The van der Waals surface area contributed by atoms with Gasteiger partial charge >= 0.3 is 6.09 Å². The van der Waals surface area contributed by atoms with Crippen molar-refractivity contribution in [1.29, 1.82) is 0 Å². The maximum absolute atomic E-state index is 13.8. The van der Waals surface area contributed by atoms with E-state index in [0.717, 1.165) is 4.90 Å². The summed E-state index contributed by atoms with van der Waals surface area (Å²) < 4.78 is 19.3. The third-order valence-electron chi connectivity index (χ3n) is 3.36. The van der Waals surface area contributed by atoms with Crippen LogP contribution in [0.2, 0.25) is 0 Å². The van der Waals surface area contributed by atoms with Crippen LogP contribution >= 0.6 is 0 Å². The van der Waals surface area contributed by atoms with E-state index in [4.69, 9.17) is 9.84 Å². The maximum atomic E-state index is 13.8. The van der Waals surface area contributed by atoms with Gasteiger partial charge in [0, 0.05) is 18.7 Å². The van der Waals surface area contributed by atoms with E-state index in [9.17, 15) is 19.3 Å². The van der Waals surface area contributed by atoms with Crippen LogP contribution in [0.5, 0.6) is 0 Å². The number of nitrogens with zero attached hydrogens (tertiary/aromatic N) is 2. The number of alkyl halides is 1. The predicted octanol–water partition coefficient (Wildman–Crippen LogP) is 2.20. The Kier molecular flexibility index (Phi) is 4.69. The average molecular weight is 298 g/mol. The van der Waals surface area contributed by atoms with Crippen LogP contribution in [0.15, 0.2) is 24.3 Å². The van der Waals surface area contributed by atoms with Gasteiger partial charge in [0.1, 0.15) is 6.17 Å². The lowest BCUT2D eigenvalue weighted by molar-refractivity contribution is -0.384. The SMILES string of the molecule is O=C(O)N1CC[C@H](OCc2ccc([N+](=O)[O-])cc2)[C@@H](F)C1. The Hall–Kier alpha value is -2.22. The van der Waals surface area contributed by atoms with Crippen LogP contribution < -0.4 is 0 Å². The summed E-state index contributed by atoms with van der Waals surface area (Å²) in [6.07, 6.45) is -2.87. The molecule has 7 nitrogen and oxygen atoms in total.